The molecule has 1 aromatic carbocycles. The van der Waals surface area contributed by atoms with Crippen LogP contribution in [0.5, 0.6) is 0 Å². The summed E-state index contributed by atoms with van der Waals surface area (Å²) in [7, 11) is 0. The van der Waals surface area contributed by atoms with E-state index in [2.05, 4.69) is 9.97 Å². The van der Waals surface area contributed by atoms with Crippen molar-refractivity contribution in [1.29, 1.82) is 0 Å². The number of hydrogen-bond donors (Lipinski definition) is 2. The van der Waals surface area contributed by atoms with Crippen molar-refractivity contribution in [1.82, 2.24) is 15.0 Å². The summed E-state index contributed by atoms with van der Waals surface area (Å²) in [6.07, 6.45) is 4.23. The highest BCUT2D eigenvalue weighted by molar-refractivity contribution is 6.30. The monoisotopic (exact) mass is 325 g/mol. The Labute approximate surface area is 138 Å². The van der Waals surface area contributed by atoms with E-state index in [1.54, 1.807) is 0 Å². The fourth-order valence-corrected chi connectivity index (χ4v) is 3.43. The number of fused-ring (bicyclic) bond motifs is 2. The number of nitrogens with two attached hydrogens (primary N) is 2. The van der Waals surface area contributed by atoms with Crippen molar-refractivity contribution in [3.63, 3.8) is 0 Å². The summed E-state index contributed by atoms with van der Waals surface area (Å²) in [6, 6.07) is 7.77. The fraction of sp³-hybridized carbons (Fsp3) is 0.235. The number of anilines is 2. The minimum Gasteiger partial charge on any atom is -0.383 e. The third kappa shape index (κ3) is 2.37. The van der Waals surface area contributed by atoms with Crippen LogP contribution in [-0.2, 0) is 12.8 Å². The van der Waals surface area contributed by atoms with Crippen LogP contribution >= 0.6 is 11.6 Å². The molecule has 5 nitrogen and oxygen atoms in total. The topological polar surface area (TPSA) is 90.7 Å². The lowest BCUT2D eigenvalue weighted by Gasteiger charge is -2.21. The fourth-order valence-electron chi connectivity index (χ4n) is 3.30. The summed E-state index contributed by atoms with van der Waals surface area (Å²) < 4.78 is 0. The highest BCUT2D eigenvalue weighted by Gasteiger charge is 2.22. The molecule has 0 bridgehead atoms. The molecule has 4 rings (SSSR count). The van der Waals surface area contributed by atoms with E-state index in [-0.39, 0.29) is 5.95 Å². The summed E-state index contributed by atoms with van der Waals surface area (Å²) in [5.74, 6) is 0.527. The minimum absolute atomic E-state index is 0.153. The molecule has 1 aliphatic carbocycles. The lowest BCUT2D eigenvalue weighted by atomic mass is 9.87. The number of aryl methyl sites for hydroxylation is 1. The molecule has 0 amide bonds. The van der Waals surface area contributed by atoms with Crippen molar-refractivity contribution in [2.24, 2.45) is 0 Å². The second-order valence-corrected chi connectivity index (χ2v) is 6.23. The first kappa shape index (κ1) is 14.2. The van der Waals surface area contributed by atoms with Crippen LogP contribution in [0.25, 0.3) is 22.2 Å². The highest BCUT2D eigenvalue weighted by Crippen LogP contribution is 2.38. The average molecular weight is 326 g/mol. The maximum absolute atomic E-state index is 6.16. The molecule has 0 saturated carbocycles. The zero-order valence-electron chi connectivity index (χ0n) is 12.5. The average Bonchev–Trinajstić information content (AvgIpc) is 2.53. The van der Waals surface area contributed by atoms with Crippen LogP contribution in [-0.4, -0.2) is 15.0 Å². The number of hydrogen-bond acceptors (Lipinski definition) is 5. The smallest absolute Gasteiger partial charge is 0.224 e. The predicted molar refractivity (Wildman–Crippen MR) is 93.2 cm³/mol. The molecular weight excluding hydrogens is 310 g/mol. The van der Waals surface area contributed by atoms with Gasteiger partial charge in [-0.25, -0.2) is 4.98 Å². The van der Waals surface area contributed by atoms with E-state index in [1.807, 2.05) is 24.3 Å². The van der Waals surface area contributed by atoms with Crippen LogP contribution in [0.3, 0.4) is 0 Å². The minimum atomic E-state index is 0.153. The van der Waals surface area contributed by atoms with Gasteiger partial charge >= 0.3 is 0 Å². The zero-order valence-corrected chi connectivity index (χ0v) is 13.3. The number of aromatic nitrogens is 3. The number of nitrogen functional groups attached to an aromatic ring is 2. The van der Waals surface area contributed by atoms with Gasteiger partial charge in [0.2, 0.25) is 5.95 Å². The predicted octanol–water partition coefficient (Wildman–Crippen LogP) is 3.39. The van der Waals surface area contributed by atoms with Crippen molar-refractivity contribution >= 4 is 34.4 Å². The van der Waals surface area contributed by atoms with E-state index in [9.17, 15) is 0 Å². The summed E-state index contributed by atoms with van der Waals surface area (Å²) in [5, 5.41) is 1.48. The van der Waals surface area contributed by atoms with Gasteiger partial charge in [-0.1, -0.05) is 23.7 Å². The molecule has 0 saturated heterocycles. The molecule has 116 valence electrons. The van der Waals surface area contributed by atoms with E-state index in [0.29, 0.717) is 16.5 Å². The van der Waals surface area contributed by atoms with Crippen LogP contribution in [0, 0.1) is 0 Å². The van der Waals surface area contributed by atoms with Gasteiger partial charge in [0.15, 0.2) is 5.65 Å². The number of pyridine rings is 1. The van der Waals surface area contributed by atoms with Crippen LogP contribution < -0.4 is 11.5 Å². The Morgan fingerprint density at radius 3 is 2.43 bits per heavy atom. The van der Waals surface area contributed by atoms with E-state index < -0.39 is 0 Å². The van der Waals surface area contributed by atoms with Crippen molar-refractivity contribution in [2.45, 2.75) is 25.7 Å². The van der Waals surface area contributed by atoms with Crippen LogP contribution in [0.1, 0.15) is 24.1 Å². The molecule has 0 radical (unpaired) electrons. The van der Waals surface area contributed by atoms with E-state index >= 15 is 0 Å². The van der Waals surface area contributed by atoms with Gasteiger partial charge in [-0.15, -0.1) is 0 Å². The molecule has 2 aromatic heterocycles. The quantitative estimate of drug-likeness (QED) is 0.715. The Hall–Kier alpha value is -2.40. The molecule has 0 fully saturated rings. The molecule has 3 aromatic rings. The van der Waals surface area contributed by atoms with Crippen molar-refractivity contribution in [3.8, 4) is 11.1 Å². The molecule has 1 aliphatic rings. The van der Waals surface area contributed by atoms with E-state index in [1.165, 1.54) is 5.56 Å². The van der Waals surface area contributed by atoms with Crippen molar-refractivity contribution in [3.05, 3.63) is 40.5 Å². The third-order valence-electron chi connectivity index (χ3n) is 4.30. The van der Waals surface area contributed by atoms with Crippen LogP contribution in [0.2, 0.25) is 5.02 Å². The van der Waals surface area contributed by atoms with Gasteiger partial charge in [0.25, 0.3) is 0 Å². The Bertz CT molecular complexity index is 905. The van der Waals surface area contributed by atoms with Crippen LogP contribution in [0.4, 0.5) is 11.8 Å². The summed E-state index contributed by atoms with van der Waals surface area (Å²) in [5.41, 5.74) is 16.9. The van der Waals surface area contributed by atoms with E-state index in [0.717, 1.165) is 47.9 Å². The van der Waals surface area contributed by atoms with E-state index in [4.69, 9.17) is 28.1 Å². The van der Waals surface area contributed by atoms with Gasteiger partial charge in [0.1, 0.15) is 5.82 Å². The molecule has 0 atom stereocenters. The number of benzene rings is 1. The molecule has 0 spiro atoms. The van der Waals surface area contributed by atoms with Crippen molar-refractivity contribution < 1.29 is 0 Å². The van der Waals surface area contributed by atoms with Crippen molar-refractivity contribution in [2.75, 3.05) is 11.5 Å². The van der Waals surface area contributed by atoms with Gasteiger partial charge in [0.05, 0.1) is 5.39 Å². The van der Waals surface area contributed by atoms with Crippen LogP contribution in [0.15, 0.2) is 24.3 Å². The lowest BCUT2D eigenvalue weighted by Crippen LogP contribution is -2.11. The Morgan fingerprint density at radius 1 is 0.913 bits per heavy atom. The molecule has 6 heteroatoms. The number of halogens is 1. The first-order valence-corrected chi connectivity index (χ1v) is 8.01. The normalized spacial score (nSPS) is 14.0. The SMILES string of the molecule is Nc1nc(N)c2c(-c3ccc(Cl)cc3)c3c(nc2n1)CCCC3. The second-order valence-electron chi connectivity index (χ2n) is 5.79. The maximum atomic E-state index is 6.16. The molecular formula is C17H16ClN5. The summed E-state index contributed by atoms with van der Waals surface area (Å²) in [4.78, 5) is 13.1. The molecule has 0 aliphatic heterocycles. The first-order valence-electron chi connectivity index (χ1n) is 7.64. The van der Waals surface area contributed by atoms with Gasteiger partial charge < -0.3 is 11.5 Å². The first-order chi connectivity index (χ1) is 11.1. The number of rotatable bonds is 1. The third-order valence-corrected chi connectivity index (χ3v) is 4.55. The highest BCUT2D eigenvalue weighted by atomic mass is 35.5. The zero-order chi connectivity index (χ0) is 16.0. The summed E-state index contributed by atoms with van der Waals surface area (Å²) >= 11 is 6.03. The molecule has 0 unspecified atom stereocenters. The second kappa shape index (κ2) is 5.35. The van der Waals surface area contributed by atoms with Gasteiger partial charge in [-0.3, -0.25) is 0 Å². The van der Waals surface area contributed by atoms with Gasteiger partial charge in [0, 0.05) is 16.3 Å². The molecule has 4 N–H and O–H groups in total. The molecule has 2 heterocycles. The van der Waals surface area contributed by atoms with Gasteiger partial charge in [-0.2, -0.15) is 9.97 Å². The number of nitrogens with zero attached hydrogens (tertiary/aromatic N) is 3. The Morgan fingerprint density at radius 2 is 1.65 bits per heavy atom. The largest absolute Gasteiger partial charge is 0.383 e. The molecule has 23 heavy (non-hydrogen) atoms. The Balaban J connectivity index is 2.12. The lowest BCUT2D eigenvalue weighted by molar-refractivity contribution is 0.672. The maximum Gasteiger partial charge on any atom is 0.224 e. The van der Waals surface area contributed by atoms with Gasteiger partial charge in [-0.05, 0) is 48.9 Å². The Kier molecular flexibility index (Phi) is 3.31. The summed E-state index contributed by atoms with van der Waals surface area (Å²) in [6.45, 7) is 0. The standard InChI is InChI=1S/C17H16ClN5/c18-10-7-5-9(6-8-10)13-11-3-1-2-4-12(11)21-16-14(13)15(19)22-17(20)23-16/h5-8H,1-4H2,(H4,19,20,21,22,23).